The molecule has 0 aliphatic carbocycles. The average molecular weight is 301 g/mol. The summed E-state index contributed by atoms with van der Waals surface area (Å²) in [5, 5.41) is 0. The van der Waals surface area contributed by atoms with E-state index in [0.29, 0.717) is 0 Å². The smallest absolute Gasteiger partial charge is 0.335 e. The maximum absolute atomic E-state index is 13.2. The number of rotatable bonds is 2. The van der Waals surface area contributed by atoms with Crippen LogP contribution in [0.3, 0.4) is 0 Å². The summed E-state index contributed by atoms with van der Waals surface area (Å²) < 4.78 is 35.7. The molecule has 0 amide bonds. The number of alkyl halides is 1. The van der Waals surface area contributed by atoms with E-state index in [1.54, 1.807) is 0 Å². The SMILES string of the molecule is Cc1ccc([C@H]2OC(C)(C)N(C)[C@@H]2CF)cc1.O=S=O. The van der Waals surface area contributed by atoms with Gasteiger partial charge in [0.1, 0.15) is 18.5 Å². The Morgan fingerprint density at radius 1 is 1.30 bits per heavy atom. The molecule has 20 heavy (non-hydrogen) atoms. The van der Waals surface area contributed by atoms with E-state index in [-0.39, 0.29) is 12.1 Å². The molecule has 0 bridgehead atoms. The molecule has 2 rings (SSSR count). The van der Waals surface area contributed by atoms with Crippen molar-refractivity contribution in [1.82, 2.24) is 4.90 Å². The number of hydrogen-bond donors (Lipinski definition) is 0. The summed E-state index contributed by atoms with van der Waals surface area (Å²) in [7, 11) is 1.92. The topological polar surface area (TPSA) is 46.6 Å². The van der Waals surface area contributed by atoms with Crippen molar-refractivity contribution in [2.45, 2.75) is 38.6 Å². The van der Waals surface area contributed by atoms with Gasteiger partial charge < -0.3 is 4.74 Å². The van der Waals surface area contributed by atoms with Crippen LogP contribution in [0.2, 0.25) is 0 Å². The van der Waals surface area contributed by atoms with E-state index in [1.165, 1.54) is 5.56 Å². The van der Waals surface area contributed by atoms with Crippen molar-refractivity contribution in [1.29, 1.82) is 0 Å². The summed E-state index contributed by atoms with van der Waals surface area (Å²) in [4.78, 5) is 1.97. The molecule has 1 aromatic carbocycles. The first-order valence-electron chi connectivity index (χ1n) is 6.32. The molecule has 4 nitrogen and oxygen atoms in total. The zero-order valence-electron chi connectivity index (χ0n) is 12.1. The highest BCUT2D eigenvalue weighted by atomic mass is 32.1. The lowest BCUT2D eigenvalue weighted by molar-refractivity contribution is -0.0684. The first-order valence-corrected chi connectivity index (χ1v) is 6.99. The van der Waals surface area contributed by atoms with Gasteiger partial charge in [-0.1, -0.05) is 29.8 Å². The predicted molar refractivity (Wildman–Crippen MR) is 75.5 cm³/mol. The van der Waals surface area contributed by atoms with E-state index in [4.69, 9.17) is 13.2 Å². The van der Waals surface area contributed by atoms with Crippen molar-refractivity contribution in [2.24, 2.45) is 0 Å². The lowest BCUT2D eigenvalue weighted by Gasteiger charge is -2.28. The molecule has 0 unspecified atom stereocenters. The van der Waals surface area contributed by atoms with Gasteiger partial charge in [-0.2, -0.15) is 8.42 Å². The molecule has 1 heterocycles. The van der Waals surface area contributed by atoms with Crippen LogP contribution >= 0.6 is 0 Å². The Morgan fingerprint density at radius 3 is 2.25 bits per heavy atom. The molecule has 0 radical (unpaired) electrons. The molecule has 0 N–H and O–H groups in total. The zero-order chi connectivity index (χ0) is 15.3. The number of aryl methyl sites for hydroxylation is 1. The summed E-state index contributed by atoms with van der Waals surface area (Å²) >= 11 is -0.750. The van der Waals surface area contributed by atoms with Gasteiger partial charge in [-0.05, 0) is 33.4 Å². The minimum atomic E-state index is -0.750. The minimum Gasteiger partial charge on any atom is -0.351 e. The molecule has 1 aromatic rings. The van der Waals surface area contributed by atoms with E-state index >= 15 is 0 Å². The van der Waals surface area contributed by atoms with Gasteiger partial charge in [0.25, 0.3) is 0 Å². The Morgan fingerprint density at radius 2 is 1.80 bits per heavy atom. The van der Waals surface area contributed by atoms with Crippen LogP contribution in [0.5, 0.6) is 0 Å². The summed E-state index contributed by atoms with van der Waals surface area (Å²) in [5.41, 5.74) is 1.85. The van der Waals surface area contributed by atoms with Crippen molar-refractivity contribution < 1.29 is 17.5 Å². The van der Waals surface area contributed by atoms with Gasteiger partial charge in [-0.3, -0.25) is 4.90 Å². The second-order valence-electron chi connectivity index (χ2n) is 5.30. The third-order valence-electron chi connectivity index (χ3n) is 3.68. The van der Waals surface area contributed by atoms with Gasteiger partial charge in [0.05, 0.1) is 6.04 Å². The van der Waals surface area contributed by atoms with E-state index in [2.05, 4.69) is 0 Å². The van der Waals surface area contributed by atoms with Crippen molar-refractivity contribution in [2.75, 3.05) is 13.7 Å². The van der Waals surface area contributed by atoms with Gasteiger partial charge in [-0.15, -0.1) is 0 Å². The van der Waals surface area contributed by atoms with E-state index in [0.717, 1.165) is 5.56 Å². The standard InChI is InChI=1S/C14H20FNO.O2S/c1-10-5-7-11(8-6-10)13-12(9-15)16(4)14(2,3)17-13;1-3-2/h5-8,12-13H,9H2,1-4H3;/t12-,13-;/m1./s1. The molecule has 0 aromatic heterocycles. The highest BCUT2D eigenvalue weighted by Crippen LogP contribution is 2.39. The number of likely N-dealkylation sites (N-methyl/N-ethyl adjacent to an activating group) is 1. The van der Waals surface area contributed by atoms with E-state index in [1.807, 2.05) is 57.0 Å². The Kier molecular flexibility index (Phi) is 5.98. The Bertz CT molecular complexity index is 472. The molecule has 2 atom stereocenters. The number of benzene rings is 1. The fourth-order valence-electron chi connectivity index (χ4n) is 2.31. The van der Waals surface area contributed by atoms with Crippen LogP contribution in [0.25, 0.3) is 0 Å². The van der Waals surface area contributed by atoms with Crippen molar-refractivity contribution in [3.63, 3.8) is 0 Å². The maximum Gasteiger partial charge on any atom is 0.335 e. The second-order valence-corrected chi connectivity index (χ2v) is 5.43. The molecule has 1 aliphatic heterocycles. The normalized spacial score (nSPS) is 24.9. The third kappa shape index (κ3) is 3.71. The summed E-state index contributed by atoms with van der Waals surface area (Å²) in [6.07, 6.45) is -0.180. The van der Waals surface area contributed by atoms with Crippen molar-refractivity contribution >= 4 is 11.6 Å². The first kappa shape index (κ1) is 16.9. The largest absolute Gasteiger partial charge is 0.351 e. The van der Waals surface area contributed by atoms with E-state index in [9.17, 15) is 4.39 Å². The van der Waals surface area contributed by atoms with Crippen LogP contribution in [-0.4, -0.2) is 38.8 Å². The Hall–Kier alpha value is -1.11. The lowest BCUT2D eigenvalue weighted by atomic mass is 10.0. The molecule has 1 saturated heterocycles. The van der Waals surface area contributed by atoms with Crippen LogP contribution in [0.4, 0.5) is 4.39 Å². The predicted octanol–water partition coefficient (Wildman–Crippen LogP) is 2.40. The fraction of sp³-hybridized carbons (Fsp3) is 0.571. The van der Waals surface area contributed by atoms with Crippen molar-refractivity contribution in [3.8, 4) is 0 Å². The molecular formula is C14H20FNO3S. The summed E-state index contributed by atoms with van der Waals surface area (Å²) in [5.74, 6) is 0. The lowest BCUT2D eigenvalue weighted by Crippen LogP contribution is -2.41. The molecule has 1 aliphatic rings. The number of ether oxygens (including phenoxy) is 1. The first-order chi connectivity index (χ1) is 9.37. The molecule has 6 heteroatoms. The maximum atomic E-state index is 13.2. The average Bonchev–Trinajstić information content (AvgIpc) is 2.62. The molecular weight excluding hydrogens is 281 g/mol. The zero-order valence-corrected chi connectivity index (χ0v) is 12.9. The van der Waals surface area contributed by atoms with Crippen LogP contribution in [0.15, 0.2) is 24.3 Å². The molecule has 1 fully saturated rings. The highest BCUT2D eigenvalue weighted by molar-refractivity contribution is 7.51. The van der Waals surface area contributed by atoms with E-state index < -0.39 is 24.0 Å². The third-order valence-corrected chi connectivity index (χ3v) is 3.68. The van der Waals surface area contributed by atoms with Gasteiger partial charge in [-0.25, -0.2) is 4.39 Å². The molecule has 0 spiro atoms. The van der Waals surface area contributed by atoms with Crippen molar-refractivity contribution in [3.05, 3.63) is 35.4 Å². The molecule has 0 saturated carbocycles. The second kappa shape index (κ2) is 7.06. The van der Waals surface area contributed by atoms with Gasteiger partial charge in [0.15, 0.2) is 0 Å². The Balaban J connectivity index is 0.000000612. The quantitative estimate of drug-likeness (QED) is 0.841. The van der Waals surface area contributed by atoms with Gasteiger partial charge in [0, 0.05) is 0 Å². The van der Waals surface area contributed by atoms with Crippen LogP contribution in [0, 0.1) is 6.92 Å². The number of halogens is 1. The van der Waals surface area contributed by atoms with Gasteiger partial charge in [0.2, 0.25) is 0 Å². The monoisotopic (exact) mass is 301 g/mol. The Labute approximate surface area is 122 Å². The number of nitrogens with zero attached hydrogens (tertiary/aromatic N) is 1. The molecule has 112 valence electrons. The minimum absolute atomic E-state index is 0.180. The number of hydrogen-bond acceptors (Lipinski definition) is 4. The fourth-order valence-corrected chi connectivity index (χ4v) is 2.31. The van der Waals surface area contributed by atoms with Crippen LogP contribution < -0.4 is 0 Å². The van der Waals surface area contributed by atoms with Gasteiger partial charge >= 0.3 is 11.6 Å². The van der Waals surface area contributed by atoms with Crippen LogP contribution in [-0.2, 0) is 16.3 Å². The summed E-state index contributed by atoms with van der Waals surface area (Å²) in [6.45, 7) is 5.61. The summed E-state index contributed by atoms with van der Waals surface area (Å²) in [6, 6.07) is 7.93. The highest BCUT2D eigenvalue weighted by Gasteiger charge is 2.45. The van der Waals surface area contributed by atoms with Crippen LogP contribution in [0.1, 0.15) is 31.1 Å².